The number of carbonyl (C=O) groups excluding carboxylic acids is 2. The van der Waals surface area contributed by atoms with Crippen LogP contribution in [0.25, 0.3) is 0 Å². The van der Waals surface area contributed by atoms with Gasteiger partial charge in [-0.05, 0) is 18.1 Å². The summed E-state index contributed by atoms with van der Waals surface area (Å²) in [6.45, 7) is 2.13. The molecule has 2 rings (SSSR count). The maximum absolute atomic E-state index is 12.2. The molecule has 96 valence electrons. The summed E-state index contributed by atoms with van der Waals surface area (Å²) in [7, 11) is 0. The number of nitrogens with two attached hydrogens (primary N) is 1. The van der Waals surface area contributed by atoms with Crippen LogP contribution >= 0.6 is 0 Å². The molecule has 4 nitrogen and oxygen atoms in total. The summed E-state index contributed by atoms with van der Waals surface area (Å²) < 4.78 is 0. The van der Waals surface area contributed by atoms with Gasteiger partial charge in [0, 0.05) is 0 Å². The molecule has 0 radical (unpaired) electrons. The van der Waals surface area contributed by atoms with Gasteiger partial charge in [0.2, 0.25) is 5.91 Å². The molecule has 1 aromatic rings. The topological polar surface area (TPSA) is 63.4 Å². The van der Waals surface area contributed by atoms with Crippen molar-refractivity contribution in [3.63, 3.8) is 0 Å². The summed E-state index contributed by atoms with van der Waals surface area (Å²) in [6.07, 6.45) is 3.99. The molecule has 0 spiro atoms. The smallest absolute Gasteiger partial charge is 0.326 e. The fourth-order valence-corrected chi connectivity index (χ4v) is 2.50. The highest BCUT2D eigenvalue weighted by Crippen LogP contribution is 2.39. The quantitative estimate of drug-likeness (QED) is 0.830. The summed E-state index contributed by atoms with van der Waals surface area (Å²) >= 11 is 0. The predicted molar refractivity (Wildman–Crippen MR) is 70.4 cm³/mol. The van der Waals surface area contributed by atoms with E-state index in [1.165, 1.54) is 0 Å². The molecule has 1 aliphatic rings. The van der Waals surface area contributed by atoms with E-state index in [0.717, 1.165) is 36.1 Å². The van der Waals surface area contributed by atoms with Crippen molar-refractivity contribution >= 4 is 17.6 Å². The second kappa shape index (κ2) is 5.21. The van der Waals surface area contributed by atoms with Gasteiger partial charge in [0.05, 0.1) is 11.6 Å². The second-order valence-electron chi connectivity index (χ2n) is 4.62. The first-order valence-corrected chi connectivity index (χ1v) is 6.39. The van der Waals surface area contributed by atoms with Gasteiger partial charge in [0.25, 0.3) is 0 Å². The van der Waals surface area contributed by atoms with Crippen LogP contribution in [0.3, 0.4) is 0 Å². The van der Waals surface area contributed by atoms with Crippen LogP contribution in [-0.2, 0) is 4.79 Å². The van der Waals surface area contributed by atoms with Crippen LogP contribution in [0.2, 0.25) is 0 Å². The van der Waals surface area contributed by atoms with Crippen LogP contribution < -0.4 is 10.6 Å². The first kappa shape index (κ1) is 12.6. The Bertz CT molecular complexity index is 471. The molecule has 3 amide bonds. The number of benzene rings is 1. The first-order valence-electron chi connectivity index (χ1n) is 6.39. The van der Waals surface area contributed by atoms with Crippen molar-refractivity contribution in [1.82, 2.24) is 0 Å². The fraction of sp³-hybridized carbons (Fsp3) is 0.429. The minimum absolute atomic E-state index is 0.181. The van der Waals surface area contributed by atoms with Gasteiger partial charge >= 0.3 is 6.03 Å². The predicted octanol–water partition coefficient (Wildman–Crippen LogP) is 2.78. The van der Waals surface area contributed by atoms with Crippen LogP contribution in [0.5, 0.6) is 0 Å². The standard InChI is InChI=1S/C14H18N2O2/c1-2-3-4-8-11-10-7-5-6-9-12(10)16(13(11)17)14(15)18/h5-7,9,11H,2-4,8H2,1H3,(H2,15,18). The molecule has 0 aliphatic carbocycles. The summed E-state index contributed by atoms with van der Waals surface area (Å²) in [5, 5.41) is 0. The molecule has 1 unspecified atom stereocenters. The molecule has 0 saturated carbocycles. The van der Waals surface area contributed by atoms with Crippen molar-refractivity contribution in [2.24, 2.45) is 5.73 Å². The average molecular weight is 246 g/mol. The van der Waals surface area contributed by atoms with Gasteiger partial charge in [-0.1, -0.05) is 44.4 Å². The van der Waals surface area contributed by atoms with E-state index in [1.807, 2.05) is 18.2 Å². The Kier molecular flexibility index (Phi) is 3.65. The third kappa shape index (κ3) is 2.10. The number of fused-ring (bicyclic) bond motifs is 1. The normalized spacial score (nSPS) is 17.9. The number of imide groups is 1. The molecule has 0 saturated heterocycles. The molecule has 2 N–H and O–H groups in total. The van der Waals surface area contributed by atoms with Crippen molar-refractivity contribution in [2.45, 2.75) is 38.5 Å². The van der Waals surface area contributed by atoms with Crippen LogP contribution in [0.4, 0.5) is 10.5 Å². The lowest BCUT2D eigenvalue weighted by Crippen LogP contribution is -2.39. The van der Waals surface area contributed by atoms with Crippen molar-refractivity contribution in [3.05, 3.63) is 29.8 Å². The van der Waals surface area contributed by atoms with Crippen molar-refractivity contribution in [2.75, 3.05) is 4.90 Å². The van der Waals surface area contributed by atoms with Crippen LogP contribution in [0, 0.1) is 0 Å². The number of para-hydroxylation sites is 1. The number of rotatable bonds is 4. The zero-order chi connectivity index (χ0) is 13.1. The Hall–Kier alpha value is -1.84. The number of nitrogens with zero attached hydrogens (tertiary/aromatic N) is 1. The zero-order valence-corrected chi connectivity index (χ0v) is 10.6. The minimum atomic E-state index is -0.689. The lowest BCUT2D eigenvalue weighted by atomic mass is 9.95. The molecule has 0 bridgehead atoms. The zero-order valence-electron chi connectivity index (χ0n) is 10.6. The summed E-state index contributed by atoms with van der Waals surface area (Å²) in [5.41, 5.74) is 6.86. The molecule has 4 heteroatoms. The van der Waals surface area contributed by atoms with Crippen molar-refractivity contribution < 1.29 is 9.59 Å². The lowest BCUT2D eigenvalue weighted by molar-refractivity contribution is -0.118. The molecule has 0 aromatic heterocycles. The number of anilines is 1. The molecule has 1 heterocycles. The number of primary amides is 1. The van der Waals surface area contributed by atoms with Gasteiger partial charge in [-0.15, -0.1) is 0 Å². The monoisotopic (exact) mass is 246 g/mol. The highest BCUT2D eigenvalue weighted by Gasteiger charge is 2.38. The van der Waals surface area contributed by atoms with E-state index in [9.17, 15) is 9.59 Å². The lowest BCUT2D eigenvalue weighted by Gasteiger charge is -2.12. The maximum atomic E-state index is 12.2. The molecule has 1 aromatic carbocycles. The van der Waals surface area contributed by atoms with E-state index in [4.69, 9.17) is 5.73 Å². The number of urea groups is 1. The largest absolute Gasteiger partial charge is 0.351 e. The van der Waals surface area contributed by atoms with Crippen molar-refractivity contribution in [1.29, 1.82) is 0 Å². The van der Waals surface area contributed by atoms with Gasteiger partial charge in [-0.3, -0.25) is 4.79 Å². The maximum Gasteiger partial charge on any atom is 0.326 e. The Morgan fingerprint density at radius 2 is 2.06 bits per heavy atom. The van der Waals surface area contributed by atoms with Gasteiger partial charge in [-0.25, -0.2) is 9.69 Å². The van der Waals surface area contributed by atoms with E-state index < -0.39 is 6.03 Å². The fourth-order valence-electron chi connectivity index (χ4n) is 2.50. The van der Waals surface area contributed by atoms with Gasteiger partial charge < -0.3 is 5.73 Å². The summed E-state index contributed by atoms with van der Waals surface area (Å²) in [5.74, 6) is -0.389. The molecular formula is C14H18N2O2. The van der Waals surface area contributed by atoms with Crippen molar-refractivity contribution in [3.8, 4) is 0 Å². The number of hydrogen-bond donors (Lipinski definition) is 1. The molecule has 1 atom stereocenters. The summed E-state index contributed by atoms with van der Waals surface area (Å²) in [4.78, 5) is 24.7. The van der Waals surface area contributed by atoms with Crippen LogP contribution in [0.1, 0.15) is 44.1 Å². The molecule has 1 aliphatic heterocycles. The third-order valence-corrected chi connectivity index (χ3v) is 3.39. The first-order chi connectivity index (χ1) is 8.66. The average Bonchev–Trinajstić information content (AvgIpc) is 2.63. The second-order valence-corrected chi connectivity index (χ2v) is 4.62. The van der Waals surface area contributed by atoms with Crippen LogP contribution in [0.15, 0.2) is 24.3 Å². The Morgan fingerprint density at radius 1 is 1.33 bits per heavy atom. The Balaban J connectivity index is 2.27. The highest BCUT2D eigenvalue weighted by atomic mass is 16.2. The van der Waals surface area contributed by atoms with Gasteiger partial charge in [0.15, 0.2) is 0 Å². The number of carbonyl (C=O) groups is 2. The van der Waals surface area contributed by atoms with Gasteiger partial charge in [-0.2, -0.15) is 0 Å². The SMILES string of the molecule is CCCCCC1C(=O)N(C(N)=O)c2ccccc21. The number of hydrogen-bond acceptors (Lipinski definition) is 2. The number of amides is 3. The summed E-state index contributed by atoms with van der Waals surface area (Å²) in [6, 6.07) is 6.70. The minimum Gasteiger partial charge on any atom is -0.351 e. The van der Waals surface area contributed by atoms with E-state index in [1.54, 1.807) is 6.07 Å². The third-order valence-electron chi connectivity index (χ3n) is 3.39. The molecule has 18 heavy (non-hydrogen) atoms. The highest BCUT2D eigenvalue weighted by molar-refractivity contribution is 6.20. The van der Waals surface area contributed by atoms with Gasteiger partial charge in [0.1, 0.15) is 0 Å². The molecular weight excluding hydrogens is 228 g/mol. The Morgan fingerprint density at radius 3 is 2.72 bits per heavy atom. The molecule has 0 fully saturated rings. The van der Waals surface area contributed by atoms with Crippen LogP contribution in [-0.4, -0.2) is 11.9 Å². The van der Waals surface area contributed by atoms with E-state index in [2.05, 4.69) is 6.92 Å². The van der Waals surface area contributed by atoms with E-state index >= 15 is 0 Å². The Labute approximate surface area is 107 Å². The van der Waals surface area contributed by atoms with E-state index in [-0.39, 0.29) is 11.8 Å². The number of unbranched alkanes of at least 4 members (excludes halogenated alkanes) is 2. The van der Waals surface area contributed by atoms with E-state index in [0.29, 0.717) is 5.69 Å².